The highest BCUT2D eigenvalue weighted by molar-refractivity contribution is 5.99. The number of likely N-dealkylation sites (tertiary alicyclic amines) is 1. The molecule has 0 aliphatic carbocycles. The molecule has 0 aromatic rings. The normalized spacial score (nSPS) is 28.6. The summed E-state index contributed by atoms with van der Waals surface area (Å²) in [6, 6.07) is -0.296. The molecule has 0 aromatic heterocycles. The van der Waals surface area contributed by atoms with Crippen LogP contribution in [-0.2, 0) is 9.59 Å². The molecule has 0 radical (unpaired) electrons. The Morgan fingerprint density at radius 3 is 2.40 bits per heavy atom. The van der Waals surface area contributed by atoms with E-state index in [-0.39, 0.29) is 17.9 Å². The minimum absolute atomic E-state index is 0.00923. The number of amides is 2. The fourth-order valence-corrected chi connectivity index (χ4v) is 3.23. The summed E-state index contributed by atoms with van der Waals surface area (Å²) in [7, 11) is 2.13. The molecule has 2 heterocycles. The molecule has 5 heteroatoms. The molecule has 0 aromatic carbocycles. The molecule has 1 N–H and O–H groups in total. The van der Waals surface area contributed by atoms with Crippen LogP contribution in [0.4, 0.5) is 0 Å². The van der Waals surface area contributed by atoms with Crippen molar-refractivity contribution in [3.8, 4) is 0 Å². The fraction of sp³-hybridized carbons (Fsp3) is 0.867. The van der Waals surface area contributed by atoms with Gasteiger partial charge in [-0.15, -0.1) is 0 Å². The van der Waals surface area contributed by atoms with Crippen LogP contribution >= 0.6 is 0 Å². The summed E-state index contributed by atoms with van der Waals surface area (Å²) in [5.74, 6) is 0.568. The maximum Gasteiger partial charge on any atom is 0.248 e. The van der Waals surface area contributed by atoms with Gasteiger partial charge in [-0.1, -0.05) is 6.92 Å². The predicted molar refractivity (Wildman–Crippen MR) is 78.2 cm³/mol. The number of carbonyl (C=O) groups excluding carboxylic acids is 2. The van der Waals surface area contributed by atoms with Crippen molar-refractivity contribution in [3.05, 3.63) is 0 Å². The Hall–Kier alpha value is -1.10. The standard InChI is InChI=1S/C15H27N3O2/c1-5-12-13(19)16-15(2,3)14(20)18(12)10-11-6-8-17(4)9-7-11/h11-12H,5-10H2,1-4H3,(H,16,19). The summed E-state index contributed by atoms with van der Waals surface area (Å²) in [4.78, 5) is 28.9. The fourth-order valence-electron chi connectivity index (χ4n) is 3.23. The average Bonchev–Trinajstić information content (AvgIpc) is 2.38. The lowest BCUT2D eigenvalue weighted by Gasteiger charge is -2.44. The van der Waals surface area contributed by atoms with Crippen LogP contribution in [0, 0.1) is 5.92 Å². The average molecular weight is 281 g/mol. The molecule has 1 atom stereocenters. The Morgan fingerprint density at radius 1 is 1.25 bits per heavy atom. The smallest absolute Gasteiger partial charge is 0.248 e. The van der Waals surface area contributed by atoms with Gasteiger partial charge in [0, 0.05) is 6.54 Å². The van der Waals surface area contributed by atoms with Gasteiger partial charge in [-0.25, -0.2) is 0 Å². The molecule has 2 aliphatic heterocycles. The first kappa shape index (κ1) is 15.3. The van der Waals surface area contributed by atoms with E-state index in [9.17, 15) is 9.59 Å². The van der Waals surface area contributed by atoms with Crippen molar-refractivity contribution >= 4 is 11.8 Å². The Kier molecular flexibility index (Phi) is 4.37. The minimum Gasteiger partial charge on any atom is -0.340 e. The Bertz CT molecular complexity index is 387. The van der Waals surface area contributed by atoms with Gasteiger partial charge < -0.3 is 15.1 Å². The molecular weight excluding hydrogens is 254 g/mol. The third-order valence-electron chi connectivity index (χ3n) is 4.59. The largest absolute Gasteiger partial charge is 0.340 e. The minimum atomic E-state index is -0.770. The lowest BCUT2D eigenvalue weighted by atomic mass is 9.91. The van der Waals surface area contributed by atoms with E-state index in [1.54, 1.807) is 13.8 Å². The lowest BCUT2D eigenvalue weighted by Crippen LogP contribution is -2.68. The van der Waals surface area contributed by atoms with Crippen molar-refractivity contribution < 1.29 is 9.59 Å². The number of rotatable bonds is 3. The molecule has 114 valence electrons. The Balaban J connectivity index is 2.09. The second-order valence-corrected chi connectivity index (χ2v) is 6.74. The highest BCUT2D eigenvalue weighted by Crippen LogP contribution is 2.24. The van der Waals surface area contributed by atoms with Gasteiger partial charge in [0.25, 0.3) is 0 Å². The van der Waals surface area contributed by atoms with Crippen molar-refractivity contribution in [2.45, 2.75) is 51.6 Å². The summed E-state index contributed by atoms with van der Waals surface area (Å²) in [5, 5.41) is 2.84. The second kappa shape index (κ2) is 5.72. The lowest BCUT2D eigenvalue weighted by molar-refractivity contribution is -0.154. The molecular formula is C15H27N3O2. The number of hydrogen-bond acceptors (Lipinski definition) is 3. The van der Waals surface area contributed by atoms with Crippen LogP contribution in [-0.4, -0.2) is 59.9 Å². The number of carbonyl (C=O) groups is 2. The molecule has 2 aliphatic rings. The van der Waals surface area contributed by atoms with Crippen LogP contribution in [0.1, 0.15) is 40.0 Å². The third kappa shape index (κ3) is 2.97. The van der Waals surface area contributed by atoms with E-state index in [1.165, 1.54) is 0 Å². The molecule has 0 saturated carbocycles. The van der Waals surface area contributed by atoms with Gasteiger partial charge >= 0.3 is 0 Å². The highest BCUT2D eigenvalue weighted by atomic mass is 16.2. The van der Waals surface area contributed by atoms with Crippen LogP contribution in [0.2, 0.25) is 0 Å². The van der Waals surface area contributed by atoms with Crippen LogP contribution in [0.25, 0.3) is 0 Å². The van der Waals surface area contributed by atoms with E-state index >= 15 is 0 Å². The number of hydrogen-bond donors (Lipinski definition) is 1. The van der Waals surface area contributed by atoms with E-state index < -0.39 is 5.54 Å². The number of piperazine rings is 1. The number of nitrogens with one attached hydrogen (secondary N) is 1. The third-order valence-corrected chi connectivity index (χ3v) is 4.59. The van der Waals surface area contributed by atoms with Gasteiger partial charge in [0.15, 0.2) is 0 Å². The van der Waals surface area contributed by atoms with E-state index in [0.717, 1.165) is 32.5 Å². The molecule has 2 rings (SSSR count). The highest BCUT2D eigenvalue weighted by Gasteiger charge is 2.45. The summed E-state index contributed by atoms with van der Waals surface area (Å²) >= 11 is 0. The van der Waals surface area contributed by atoms with Crippen molar-refractivity contribution in [2.24, 2.45) is 5.92 Å². The molecule has 2 amide bonds. The van der Waals surface area contributed by atoms with E-state index in [2.05, 4.69) is 17.3 Å². The Labute approximate surface area is 121 Å². The molecule has 0 bridgehead atoms. The van der Waals surface area contributed by atoms with E-state index in [4.69, 9.17) is 0 Å². The van der Waals surface area contributed by atoms with E-state index in [1.807, 2.05) is 11.8 Å². The molecule has 0 spiro atoms. The van der Waals surface area contributed by atoms with Gasteiger partial charge in [0.2, 0.25) is 11.8 Å². The number of piperidine rings is 1. The van der Waals surface area contributed by atoms with E-state index in [0.29, 0.717) is 12.3 Å². The first-order valence-electron chi connectivity index (χ1n) is 7.66. The first-order chi connectivity index (χ1) is 9.35. The zero-order valence-corrected chi connectivity index (χ0v) is 13.1. The van der Waals surface area contributed by atoms with Crippen LogP contribution in [0.15, 0.2) is 0 Å². The summed E-state index contributed by atoms with van der Waals surface area (Å²) < 4.78 is 0. The van der Waals surface area contributed by atoms with Crippen LogP contribution < -0.4 is 5.32 Å². The predicted octanol–water partition coefficient (Wildman–Crippen LogP) is 0.844. The van der Waals surface area contributed by atoms with Gasteiger partial charge in [-0.05, 0) is 59.2 Å². The molecule has 2 fully saturated rings. The van der Waals surface area contributed by atoms with Gasteiger partial charge in [0.1, 0.15) is 11.6 Å². The van der Waals surface area contributed by atoms with Crippen molar-refractivity contribution in [1.82, 2.24) is 15.1 Å². The summed E-state index contributed by atoms with van der Waals surface area (Å²) in [6.45, 7) is 8.44. The zero-order valence-electron chi connectivity index (χ0n) is 13.1. The van der Waals surface area contributed by atoms with Crippen molar-refractivity contribution in [3.63, 3.8) is 0 Å². The van der Waals surface area contributed by atoms with Crippen LogP contribution in [0.5, 0.6) is 0 Å². The number of nitrogens with zero attached hydrogens (tertiary/aromatic N) is 2. The molecule has 1 unspecified atom stereocenters. The van der Waals surface area contributed by atoms with Crippen molar-refractivity contribution in [1.29, 1.82) is 0 Å². The van der Waals surface area contributed by atoms with Gasteiger partial charge in [-0.2, -0.15) is 0 Å². The SMILES string of the molecule is CCC1C(=O)NC(C)(C)C(=O)N1CC1CCN(C)CC1. The Morgan fingerprint density at radius 2 is 1.85 bits per heavy atom. The molecule has 5 nitrogen and oxygen atoms in total. The summed E-state index contributed by atoms with van der Waals surface area (Å²) in [5.41, 5.74) is -0.770. The first-order valence-corrected chi connectivity index (χ1v) is 7.66. The maximum atomic E-state index is 12.6. The monoisotopic (exact) mass is 281 g/mol. The topological polar surface area (TPSA) is 52.7 Å². The quantitative estimate of drug-likeness (QED) is 0.834. The second-order valence-electron chi connectivity index (χ2n) is 6.74. The van der Waals surface area contributed by atoms with Crippen molar-refractivity contribution in [2.75, 3.05) is 26.7 Å². The zero-order chi connectivity index (χ0) is 14.9. The maximum absolute atomic E-state index is 12.6. The molecule has 20 heavy (non-hydrogen) atoms. The summed E-state index contributed by atoms with van der Waals surface area (Å²) in [6.07, 6.45) is 2.90. The molecule has 2 saturated heterocycles. The van der Waals surface area contributed by atoms with Gasteiger partial charge in [-0.3, -0.25) is 9.59 Å². The van der Waals surface area contributed by atoms with Crippen LogP contribution in [0.3, 0.4) is 0 Å². The van der Waals surface area contributed by atoms with Gasteiger partial charge in [0.05, 0.1) is 0 Å².